The highest BCUT2D eigenvalue weighted by Gasteiger charge is 2.21. The van der Waals surface area contributed by atoms with E-state index in [1.54, 1.807) is 0 Å². The first-order valence-electron chi connectivity index (χ1n) is 8.64. The van der Waals surface area contributed by atoms with Crippen LogP contribution in [-0.2, 0) is 16.1 Å². The Balaban J connectivity index is 1.53. The Morgan fingerprint density at radius 1 is 1.17 bits per heavy atom. The number of benzene rings is 1. The van der Waals surface area contributed by atoms with Gasteiger partial charge in [-0.2, -0.15) is 0 Å². The summed E-state index contributed by atoms with van der Waals surface area (Å²) in [6.45, 7) is 2.27. The zero-order valence-corrected chi connectivity index (χ0v) is 13.5. The highest BCUT2D eigenvalue weighted by molar-refractivity contribution is 5.93. The third kappa shape index (κ3) is 4.10. The molecule has 23 heavy (non-hydrogen) atoms. The van der Waals surface area contributed by atoms with Crippen LogP contribution in [0.15, 0.2) is 24.3 Å². The van der Waals surface area contributed by atoms with Crippen LogP contribution < -0.4 is 15.5 Å². The molecule has 5 heteroatoms. The molecule has 0 saturated carbocycles. The first kappa shape index (κ1) is 16.0. The minimum atomic E-state index is -0.0472. The van der Waals surface area contributed by atoms with Crippen molar-refractivity contribution in [2.45, 2.75) is 51.1 Å². The SMILES string of the molecule is O=C(NCc1ccc(N2CCCCC2=O)cc1)C1CCCCN1. The molecule has 0 spiro atoms. The number of hydrogen-bond acceptors (Lipinski definition) is 3. The molecule has 124 valence electrons. The van der Waals surface area contributed by atoms with Crippen molar-refractivity contribution in [2.75, 3.05) is 18.0 Å². The van der Waals surface area contributed by atoms with Crippen molar-refractivity contribution in [3.63, 3.8) is 0 Å². The van der Waals surface area contributed by atoms with E-state index >= 15 is 0 Å². The average Bonchev–Trinajstić information content (AvgIpc) is 2.61. The Bertz CT molecular complexity index is 550. The number of nitrogens with zero attached hydrogens (tertiary/aromatic N) is 1. The molecule has 5 nitrogen and oxygen atoms in total. The minimum absolute atomic E-state index is 0.0472. The second kappa shape index (κ2) is 7.59. The lowest BCUT2D eigenvalue weighted by Crippen LogP contribution is -2.46. The fraction of sp³-hybridized carbons (Fsp3) is 0.556. The van der Waals surface area contributed by atoms with Gasteiger partial charge in [0.25, 0.3) is 0 Å². The predicted octanol–water partition coefficient (Wildman–Crippen LogP) is 1.96. The molecule has 0 aliphatic carbocycles. The lowest BCUT2D eigenvalue weighted by Gasteiger charge is -2.27. The number of hydrogen-bond donors (Lipinski definition) is 2. The van der Waals surface area contributed by atoms with E-state index in [4.69, 9.17) is 0 Å². The second-order valence-electron chi connectivity index (χ2n) is 6.39. The normalized spacial score (nSPS) is 22.0. The van der Waals surface area contributed by atoms with Crippen LogP contribution in [0.4, 0.5) is 5.69 Å². The number of anilines is 1. The molecule has 2 amide bonds. The number of nitrogens with one attached hydrogen (secondary N) is 2. The molecule has 0 bridgehead atoms. The van der Waals surface area contributed by atoms with Crippen molar-refractivity contribution in [3.8, 4) is 0 Å². The molecule has 0 aromatic heterocycles. The van der Waals surface area contributed by atoms with E-state index in [0.29, 0.717) is 13.0 Å². The van der Waals surface area contributed by atoms with E-state index < -0.39 is 0 Å². The number of piperidine rings is 2. The molecule has 2 saturated heterocycles. The van der Waals surface area contributed by atoms with Gasteiger partial charge in [-0.15, -0.1) is 0 Å². The van der Waals surface area contributed by atoms with Crippen LogP contribution in [-0.4, -0.2) is 30.9 Å². The van der Waals surface area contributed by atoms with Gasteiger partial charge in [0, 0.05) is 25.2 Å². The maximum atomic E-state index is 12.1. The summed E-state index contributed by atoms with van der Waals surface area (Å²) >= 11 is 0. The summed E-state index contributed by atoms with van der Waals surface area (Å²) < 4.78 is 0. The van der Waals surface area contributed by atoms with Crippen LogP contribution in [0.2, 0.25) is 0 Å². The molecule has 1 atom stereocenters. The van der Waals surface area contributed by atoms with Gasteiger partial charge in [0.1, 0.15) is 0 Å². The largest absolute Gasteiger partial charge is 0.351 e. The Labute approximate surface area is 137 Å². The van der Waals surface area contributed by atoms with Crippen LogP contribution in [0.1, 0.15) is 44.1 Å². The fourth-order valence-corrected chi connectivity index (χ4v) is 3.26. The number of rotatable bonds is 4. The molecule has 0 radical (unpaired) electrons. The lowest BCUT2D eigenvalue weighted by atomic mass is 10.0. The fourth-order valence-electron chi connectivity index (χ4n) is 3.26. The molecule has 2 aliphatic rings. The van der Waals surface area contributed by atoms with Crippen LogP contribution >= 0.6 is 0 Å². The second-order valence-corrected chi connectivity index (χ2v) is 6.39. The summed E-state index contributed by atoms with van der Waals surface area (Å²) in [4.78, 5) is 25.9. The van der Waals surface area contributed by atoms with Crippen molar-refractivity contribution in [3.05, 3.63) is 29.8 Å². The van der Waals surface area contributed by atoms with Gasteiger partial charge in [-0.3, -0.25) is 9.59 Å². The number of carbonyl (C=O) groups excluding carboxylic acids is 2. The van der Waals surface area contributed by atoms with Crippen LogP contribution in [0.3, 0.4) is 0 Å². The zero-order chi connectivity index (χ0) is 16.1. The van der Waals surface area contributed by atoms with Gasteiger partial charge in [0.05, 0.1) is 6.04 Å². The third-order valence-corrected chi connectivity index (χ3v) is 4.66. The number of amides is 2. The molecule has 1 unspecified atom stereocenters. The van der Waals surface area contributed by atoms with Crippen molar-refractivity contribution in [2.24, 2.45) is 0 Å². The first-order valence-corrected chi connectivity index (χ1v) is 8.64. The zero-order valence-electron chi connectivity index (χ0n) is 13.5. The minimum Gasteiger partial charge on any atom is -0.351 e. The molecule has 2 aliphatic heterocycles. The van der Waals surface area contributed by atoms with Gasteiger partial charge in [-0.1, -0.05) is 18.6 Å². The van der Waals surface area contributed by atoms with Crippen molar-refractivity contribution < 1.29 is 9.59 Å². The smallest absolute Gasteiger partial charge is 0.237 e. The molecule has 2 fully saturated rings. The van der Waals surface area contributed by atoms with Gasteiger partial charge in [-0.05, 0) is 49.9 Å². The van der Waals surface area contributed by atoms with E-state index in [1.165, 1.54) is 0 Å². The Morgan fingerprint density at radius 2 is 2.00 bits per heavy atom. The molecule has 1 aromatic rings. The van der Waals surface area contributed by atoms with Crippen molar-refractivity contribution in [1.29, 1.82) is 0 Å². The van der Waals surface area contributed by atoms with Gasteiger partial charge in [0.2, 0.25) is 11.8 Å². The predicted molar refractivity (Wildman–Crippen MR) is 90.1 cm³/mol. The summed E-state index contributed by atoms with van der Waals surface area (Å²) in [5, 5.41) is 6.25. The van der Waals surface area contributed by atoms with Crippen LogP contribution in [0, 0.1) is 0 Å². The highest BCUT2D eigenvalue weighted by Crippen LogP contribution is 2.21. The third-order valence-electron chi connectivity index (χ3n) is 4.66. The average molecular weight is 315 g/mol. The first-order chi connectivity index (χ1) is 11.2. The monoisotopic (exact) mass is 315 g/mol. The summed E-state index contributed by atoms with van der Waals surface area (Å²) in [5.74, 6) is 0.292. The van der Waals surface area contributed by atoms with E-state index in [0.717, 1.165) is 56.4 Å². The van der Waals surface area contributed by atoms with E-state index in [9.17, 15) is 9.59 Å². The van der Waals surface area contributed by atoms with Crippen molar-refractivity contribution in [1.82, 2.24) is 10.6 Å². The molecular formula is C18H25N3O2. The van der Waals surface area contributed by atoms with Crippen LogP contribution in [0.25, 0.3) is 0 Å². The highest BCUT2D eigenvalue weighted by atomic mass is 16.2. The maximum Gasteiger partial charge on any atom is 0.237 e. The van der Waals surface area contributed by atoms with E-state index in [1.807, 2.05) is 29.2 Å². The van der Waals surface area contributed by atoms with Crippen molar-refractivity contribution >= 4 is 17.5 Å². The van der Waals surface area contributed by atoms with Gasteiger partial charge >= 0.3 is 0 Å². The Morgan fingerprint density at radius 3 is 2.70 bits per heavy atom. The van der Waals surface area contributed by atoms with Crippen LogP contribution in [0.5, 0.6) is 0 Å². The Kier molecular flexibility index (Phi) is 5.28. The summed E-state index contributed by atoms with van der Waals surface area (Å²) in [6.07, 6.45) is 5.89. The summed E-state index contributed by atoms with van der Waals surface area (Å²) in [6, 6.07) is 7.89. The Hall–Kier alpha value is -1.88. The van der Waals surface area contributed by atoms with E-state index in [-0.39, 0.29) is 17.9 Å². The molecule has 2 heterocycles. The molecule has 2 N–H and O–H groups in total. The van der Waals surface area contributed by atoms with Gasteiger partial charge < -0.3 is 15.5 Å². The standard InChI is InChI=1S/C18H25N3O2/c22-17-6-2-4-12-21(17)15-9-7-14(8-10-15)13-20-18(23)16-5-1-3-11-19-16/h7-10,16,19H,1-6,11-13H2,(H,20,23). The maximum absolute atomic E-state index is 12.1. The molecule has 1 aromatic carbocycles. The van der Waals surface area contributed by atoms with Gasteiger partial charge in [0.15, 0.2) is 0 Å². The number of carbonyl (C=O) groups is 2. The molecular weight excluding hydrogens is 290 g/mol. The van der Waals surface area contributed by atoms with Gasteiger partial charge in [-0.25, -0.2) is 0 Å². The lowest BCUT2D eigenvalue weighted by molar-refractivity contribution is -0.123. The topological polar surface area (TPSA) is 61.4 Å². The van der Waals surface area contributed by atoms with E-state index in [2.05, 4.69) is 10.6 Å². The summed E-state index contributed by atoms with van der Waals surface area (Å²) in [5.41, 5.74) is 2.01. The molecule has 3 rings (SSSR count). The summed E-state index contributed by atoms with van der Waals surface area (Å²) in [7, 11) is 0. The quantitative estimate of drug-likeness (QED) is 0.893.